The van der Waals surface area contributed by atoms with Crippen LogP contribution in [-0.4, -0.2) is 30.1 Å². The molecule has 0 aliphatic carbocycles. The first-order chi connectivity index (χ1) is 9.51. The van der Waals surface area contributed by atoms with Crippen LogP contribution in [0.2, 0.25) is 0 Å². The van der Waals surface area contributed by atoms with E-state index in [1.807, 2.05) is 0 Å². The van der Waals surface area contributed by atoms with Gasteiger partial charge in [0.2, 0.25) is 0 Å². The van der Waals surface area contributed by atoms with E-state index < -0.39 is 11.6 Å². The molecular weight excluding hydrogens is 258 g/mol. The van der Waals surface area contributed by atoms with Crippen molar-refractivity contribution in [2.45, 2.75) is 51.7 Å². The molecule has 0 saturated carbocycles. The molecule has 1 heterocycles. The van der Waals surface area contributed by atoms with Crippen LogP contribution in [0.1, 0.15) is 45.2 Å². The molecule has 0 bridgehead atoms. The van der Waals surface area contributed by atoms with E-state index in [0.717, 1.165) is 31.5 Å². The predicted molar refractivity (Wildman–Crippen MR) is 77.6 cm³/mol. The molecule has 2 atom stereocenters. The minimum absolute atomic E-state index is 0.167. The SMILES string of the molecule is CCN1CC[C@@H](NC(C)C)C[C@H]1c1ccc(F)c(F)c1. The van der Waals surface area contributed by atoms with Gasteiger partial charge in [0.25, 0.3) is 0 Å². The maximum atomic E-state index is 13.5. The van der Waals surface area contributed by atoms with Gasteiger partial charge in [-0.1, -0.05) is 26.8 Å². The summed E-state index contributed by atoms with van der Waals surface area (Å²) in [7, 11) is 0. The number of hydrogen-bond donors (Lipinski definition) is 1. The molecule has 2 rings (SSSR count). The zero-order valence-corrected chi connectivity index (χ0v) is 12.5. The van der Waals surface area contributed by atoms with E-state index in [-0.39, 0.29) is 6.04 Å². The van der Waals surface area contributed by atoms with Crippen molar-refractivity contribution in [2.24, 2.45) is 0 Å². The summed E-state index contributed by atoms with van der Waals surface area (Å²) in [5, 5.41) is 3.56. The molecule has 1 aliphatic heterocycles. The van der Waals surface area contributed by atoms with Gasteiger partial charge in [0, 0.05) is 24.7 Å². The molecule has 1 saturated heterocycles. The lowest BCUT2D eigenvalue weighted by Gasteiger charge is -2.40. The van der Waals surface area contributed by atoms with Crippen LogP contribution in [0.5, 0.6) is 0 Å². The van der Waals surface area contributed by atoms with Crippen molar-refractivity contribution in [3.8, 4) is 0 Å². The predicted octanol–water partition coefficient (Wildman–Crippen LogP) is 3.49. The second-order valence-corrected chi connectivity index (χ2v) is 5.86. The van der Waals surface area contributed by atoms with Crippen molar-refractivity contribution in [2.75, 3.05) is 13.1 Å². The quantitative estimate of drug-likeness (QED) is 0.909. The van der Waals surface area contributed by atoms with Crippen LogP contribution in [0.25, 0.3) is 0 Å². The largest absolute Gasteiger partial charge is 0.312 e. The standard InChI is InChI=1S/C16H24F2N2/c1-4-20-8-7-13(19-11(2)3)10-16(20)12-5-6-14(17)15(18)9-12/h5-6,9,11,13,16,19H,4,7-8,10H2,1-3H3/t13-,16+/m1/s1. The summed E-state index contributed by atoms with van der Waals surface area (Å²) in [6, 6.07) is 5.34. The lowest BCUT2D eigenvalue weighted by Crippen LogP contribution is -2.46. The number of halogens is 2. The Labute approximate surface area is 120 Å². The molecule has 0 aromatic heterocycles. The molecule has 0 spiro atoms. The summed E-state index contributed by atoms with van der Waals surface area (Å²) in [5.41, 5.74) is 0.876. The molecule has 4 heteroatoms. The number of benzene rings is 1. The highest BCUT2D eigenvalue weighted by Crippen LogP contribution is 2.31. The summed E-state index contributed by atoms with van der Waals surface area (Å²) >= 11 is 0. The lowest BCUT2D eigenvalue weighted by molar-refractivity contribution is 0.128. The summed E-state index contributed by atoms with van der Waals surface area (Å²) < 4.78 is 26.6. The third kappa shape index (κ3) is 3.55. The third-order valence-corrected chi connectivity index (χ3v) is 4.02. The Hall–Kier alpha value is -1.00. The van der Waals surface area contributed by atoms with Gasteiger partial charge in [-0.3, -0.25) is 4.90 Å². The van der Waals surface area contributed by atoms with E-state index in [0.29, 0.717) is 12.1 Å². The van der Waals surface area contributed by atoms with Gasteiger partial charge >= 0.3 is 0 Å². The highest BCUT2D eigenvalue weighted by Gasteiger charge is 2.29. The fourth-order valence-electron chi connectivity index (χ4n) is 3.08. The maximum Gasteiger partial charge on any atom is 0.159 e. The van der Waals surface area contributed by atoms with Crippen LogP contribution in [0.15, 0.2) is 18.2 Å². The summed E-state index contributed by atoms with van der Waals surface area (Å²) in [5.74, 6) is -1.53. The Morgan fingerprint density at radius 3 is 2.65 bits per heavy atom. The molecule has 1 N–H and O–H groups in total. The van der Waals surface area contributed by atoms with Crippen LogP contribution in [0.3, 0.4) is 0 Å². The fraction of sp³-hybridized carbons (Fsp3) is 0.625. The highest BCUT2D eigenvalue weighted by molar-refractivity contribution is 5.22. The van der Waals surface area contributed by atoms with Crippen molar-refractivity contribution in [3.63, 3.8) is 0 Å². The maximum absolute atomic E-state index is 13.5. The van der Waals surface area contributed by atoms with Gasteiger partial charge in [-0.15, -0.1) is 0 Å². The second kappa shape index (κ2) is 6.64. The number of hydrogen-bond acceptors (Lipinski definition) is 2. The first-order valence-corrected chi connectivity index (χ1v) is 7.46. The second-order valence-electron chi connectivity index (χ2n) is 5.86. The molecule has 2 nitrogen and oxygen atoms in total. The molecule has 1 aliphatic rings. The molecule has 1 aromatic carbocycles. The number of nitrogens with one attached hydrogen (secondary N) is 1. The van der Waals surface area contributed by atoms with Gasteiger partial charge in [0.15, 0.2) is 11.6 Å². The summed E-state index contributed by atoms with van der Waals surface area (Å²) in [6.45, 7) is 8.31. The van der Waals surface area contributed by atoms with E-state index in [4.69, 9.17) is 0 Å². The van der Waals surface area contributed by atoms with Gasteiger partial charge in [0.05, 0.1) is 0 Å². The average molecular weight is 282 g/mol. The highest BCUT2D eigenvalue weighted by atomic mass is 19.2. The van der Waals surface area contributed by atoms with Gasteiger partial charge in [-0.25, -0.2) is 8.78 Å². The number of likely N-dealkylation sites (tertiary alicyclic amines) is 1. The number of nitrogens with zero attached hydrogens (tertiary/aromatic N) is 1. The zero-order chi connectivity index (χ0) is 14.7. The Bertz CT molecular complexity index is 448. The van der Waals surface area contributed by atoms with Crippen LogP contribution in [0, 0.1) is 11.6 Å². The fourth-order valence-corrected chi connectivity index (χ4v) is 3.08. The van der Waals surface area contributed by atoms with Gasteiger partial charge < -0.3 is 5.32 Å². The third-order valence-electron chi connectivity index (χ3n) is 4.02. The molecule has 0 amide bonds. The van der Waals surface area contributed by atoms with E-state index in [1.54, 1.807) is 6.07 Å². The molecule has 1 fully saturated rings. The molecular formula is C16H24F2N2. The average Bonchev–Trinajstić information content (AvgIpc) is 2.41. The van der Waals surface area contributed by atoms with Crippen molar-refractivity contribution in [1.82, 2.24) is 10.2 Å². The van der Waals surface area contributed by atoms with E-state index in [2.05, 4.69) is 31.0 Å². The monoisotopic (exact) mass is 282 g/mol. The smallest absolute Gasteiger partial charge is 0.159 e. The number of rotatable bonds is 4. The van der Waals surface area contributed by atoms with Crippen molar-refractivity contribution < 1.29 is 8.78 Å². The minimum Gasteiger partial charge on any atom is -0.312 e. The van der Waals surface area contributed by atoms with E-state index >= 15 is 0 Å². The summed E-state index contributed by atoms with van der Waals surface area (Å²) in [6.07, 6.45) is 2.04. The van der Waals surface area contributed by atoms with Crippen molar-refractivity contribution in [3.05, 3.63) is 35.4 Å². The zero-order valence-electron chi connectivity index (χ0n) is 12.5. The van der Waals surface area contributed by atoms with E-state index in [9.17, 15) is 8.78 Å². The molecule has 0 radical (unpaired) electrons. The van der Waals surface area contributed by atoms with Crippen LogP contribution < -0.4 is 5.32 Å². The van der Waals surface area contributed by atoms with Gasteiger partial charge in [-0.05, 0) is 37.1 Å². The van der Waals surface area contributed by atoms with Crippen LogP contribution in [0.4, 0.5) is 8.78 Å². The van der Waals surface area contributed by atoms with Crippen molar-refractivity contribution >= 4 is 0 Å². The van der Waals surface area contributed by atoms with Gasteiger partial charge in [-0.2, -0.15) is 0 Å². The van der Waals surface area contributed by atoms with Gasteiger partial charge in [0.1, 0.15) is 0 Å². The Morgan fingerprint density at radius 1 is 1.30 bits per heavy atom. The van der Waals surface area contributed by atoms with Crippen LogP contribution in [-0.2, 0) is 0 Å². The molecule has 0 unspecified atom stereocenters. The lowest BCUT2D eigenvalue weighted by atomic mass is 9.91. The Kier molecular flexibility index (Phi) is 5.11. The Balaban J connectivity index is 2.17. The van der Waals surface area contributed by atoms with Crippen molar-refractivity contribution in [1.29, 1.82) is 0 Å². The normalized spacial score (nSPS) is 24.3. The molecule has 1 aromatic rings. The van der Waals surface area contributed by atoms with Crippen LogP contribution >= 0.6 is 0 Å². The Morgan fingerprint density at radius 2 is 2.05 bits per heavy atom. The minimum atomic E-state index is -0.774. The topological polar surface area (TPSA) is 15.3 Å². The summed E-state index contributed by atoms with van der Waals surface area (Å²) in [4.78, 5) is 2.34. The first kappa shape index (κ1) is 15.4. The molecule has 20 heavy (non-hydrogen) atoms. The number of piperidine rings is 1. The van der Waals surface area contributed by atoms with E-state index in [1.165, 1.54) is 12.1 Å². The molecule has 112 valence electrons. The first-order valence-electron chi connectivity index (χ1n) is 7.46.